The number of rotatable bonds is 4. The van der Waals surface area contributed by atoms with Gasteiger partial charge < -0.3 is 10.6 Å². The summed E-state index contributed by atoms with van der Waals surface area (Å²) in [5.74, 6) is -0.507. The predicted octanol–water partition coefficient (Wildman–Crippen LogP) is 2.19. The minimum atomic E-state index is -1.05. The quantitative estimate of drug-likeness (QED) is 0.939. The molecule has 2 amide bonds. The van der Waals surface area contributed by atoms with Gasteiger partial charge in [-0.15, -0.1) is 0 Å². The molecule has 1 aliphatic heterocycles. The molecule has 2 aromatic rings. The summed E-state index contributed by atoms with van der Waals surface area (Å²) in [6.07, 6.45) is 0.767. The molecule has 22 heavy (non-hydrogen) atoms. The van der Waals surface area contributed by atoms with E-state index < -0.39 is 11.4 Å². The smallest absolute Gasteiger partial charge is 0.248 e. The van der Waals surface area contributed by atoms with Crippen molar-refractivity contribution in [2.75, 3.05) is 0 Å². The first-order chi connectivity index (χ1) is 10.6. The summed E-state index contributed by atoms with van der Waals surface area (Å²) in [7, 11) is 0. The topological polar surface area (TPSA) is 63.4 Å². The first-order valence-corrected chi connectivity index (χ1v) is 7.34. The third kappa shape index (κ3) is 2.26. The molecule has 2 N–H and O–H groups in total. The van der Waals surface area contributed by atoms with E-state index in [0.717, 1.165) is 11.1 Å². The Morgan fingerprint density at radius 3 is 2.23 bits per heavy atom. The van der Waals surface area contributed by atoms with E-state index in [-0.39, 0.29) is 5.91 Å². The first kappa shape index (κ1) is 14.3. The van der Waals surface area contributed by atoms with Gasteiger partial charge >= 0.3 is 0 Å². The number of amides is 2. The van der Waals surface area contributed by atoms with Gasteiger partial charge in [-0.1, -0.05) is 60.7 Å². The Bertz CT molecular complexity index is 685. The van der Waals surface area contributed by atoms with Gasteiger partial charge in [-0.25, -0.2) is 0 Å². The molecule has 2 aromatic carbocycles. The highest BCUT2D eigenvalue weighted by atomic mass is 16.2. The monoisotopic (exact) mass is 294 g/mol. The van der Waals surface area contributed by atoms with Gasteiger partial charge in [0, 0.05) is 13.0 Å². The summed E-state index contributed by atoms with van der Waals surface area (Å²) in [4.78, 5) is 26.3. The van der Waals surface area contributed by atoms with Gasteiger partial charge in [0.25, 0.3) is 0 Å². The van der Waals surface area contributed by atoms with Crippen LogP contribution < -0.4 is 5.73 Å². The van der Waals surface area contributed by atoms with E-state index in [1.54, 1.807) is 4.90 Å². The molecular formula is C18H18N2O2. The van der Waals surface area contributed by atoms with Crippen LogP contribution in [0.2, 0.25) is 0 Å². The summed E-state index contributed by atoms with van der Waals surface area (Å²) in [5.41, 5.74) is 6.46. The van der Waals surface area contributed by atoms with Gasteiger partial charge in [0.05, 0.1) is 0 Å². The maximum atomic E-state index is 12.4. The van der Waals surface area contributed by atoms with E-state index >= 15 is 0 Å². The number of nitrogens with zero attached hydrogens (tertiary/aromatic N) is 1. The fourth-order valence-corrected chi connectivity index (χ4v) is 3.17. The average molecular weight is 294 g/mol. The Hall–Kier alpha value is -2.62. The SMILES string of the molecule is NC(=O)C1(c2ccccc2)CCC(=O)N1Cc1ccccc1. The standard InChI is InChI=1S/C18H18N2O2/c19-17(22)18(15-9-5-2-6-10-15)12-11-16(21)20(18)13-14-7-3-1-4-8-14/h1-10H,11-13H2,(H2,19,22). The van der Waals surface area contributed by atoms with Crippen molar-refractivity contribution in [3.05, 3.63) is 71.8 Å². The van der Waals surface area contributed by atoms with Crippen LogP contribution in [-0.4, -0.2) is 16.7 Å². The van der Waals surface area contributed by atoms with E-state index in [1.807, 2.05) is 60.7 Å². The second-order valence-corrected chi connectivity index (χ2v) is 5.56. The molecule has 0 bridgehead atoms. The lowest BCUT2D eigenvalue weighted by atomic mass is 9.86. The maximum Gasteiger partial charge on any atom is 0.248 e. The van der Waals surface area contributed by atoms with Crippen LogP contribution in [0.1, 0.15) is 24.0 Å². The van der Waals surface area contributed by atoms with Crippen LogP contribution in [0.3, 0.4) is 0 Å². The summed E-state index contributed by atoms with van der Waals surface area (Å²) in [6, 6.07) is 19.0. The molecule has 0 saturated carbocycles. The molecule has 0 radical (unpaired) electrons. The van der Waals surface area contributed by atoms with Crippen LogP contribution in [0, 0.1) is 0 Å². The largest absolute Gasteiger partial charge is 0.367 e. The molecule has 4 heteroatoms. The Balaban J connectivity index is 2.04. The van der Waals surface area contributed by atoms with Gasteiger partial charge in [0.2, 0.25) is 11.8 Å². The van der Waals surface area contributed by atoms with Crippen LogP contribution in [0.15, 0.2) is 60.7 Å². The molecule has 1 atom stereocenters. The van der Waals surface area contributed by atoms with Crippen molar-refractivity contribution >= 4 is 11.8 Å². The van der Waals surface area contributed by atoms with Crippen LogP contribution in [-0.2, 0) is 21.7 Å². The van der Waals surface area contributed by atoms with E-state index in [4.69, 9.17) is 5.73 Å². The molecule has 1 fully saturated rings. The number of hydrogen-bond donors (Lipinski definition) is 1. The Labute approximate surface area is 129 Å². The number of primary amides is 1. The van der Waals surface area contributed by atoms with Gasteiger partial charge in [-0.3, -0.25) is 9.59 Å². The van der Waals surface area contributed by atoms with Crippen molar-refractivity contribution in [1.82, 2.24) is 4.90 Å². The van der Waals surface area contributed by atoms with E-state index in [1.165, 1.54) is 0 Å². The second kappa shape index (κ2) is 5.64. The van der Waals surface area contributed by atoms with E-state index in [2.05, 4.69) is 0 Å². The summed E-state index contributed by atoms with van der Waals surface area (Å²) in [6.45, 7) is 0.386. The zero-order valence-corrected chi connectivity index (χ0v) is 12.2. The van der Waals surface area contributed by atoms with E-state index in [0.29, 0.717) is 19.4 Å². The van der Waals surface area contributed by atoms with Crippen LogP contribution in [0.5, 0.6) is 0 Å². The number of carbonyl (C=O) groups is 2. The van der Waals surface area contributed by atoms with Crippen molar-refractivity contribution in [2.24, 2.45) is 5.73 Å². The van der Waals surface area contributed by atoms with E-state index in [9.17, 15) is 9.59 Å². The molecule has 0 aromatic heterocycles. The number of benzene rings is 2. The van der Waals surface area contributed by atoms with Crippen molar-refractivity contribution in [3.63, 3.8) is 0 Å². The van der Waals surface area contributed by atoms with Crippen molar-refractivity contribution < 1.29 is 9.59 Å². The fourth-order valence-electron chi connectivity index (χ4n) is 3.17. The first-order valence-electron chi connectivity index (χ1n) is 7.34. The molecule has 3 rings (SSSR count). The molecule has 1 saturated heterocycles. The average Bonchev–Trinajstić information content (AvgIpc) is 2.87. The summed E-state index contributed by atoms with van der Waals surface area (Å²) >= 11 is 0. The maximum absolute atomic E-state index is 12.4. The van der Waals surface area contributed by atoms with Crippen LogP contribution >= 0.6 is 0 Å². The van der Waals surface area contributed by atoms with Crippen LogP contribution in [0.25, 0.3) is 0 Å². The molecule has 1 heterocycles. The highest BCUT2D eigenvalue weighted by Gasteiger charge is 2.51. The number of likely N-dealkylation sites (tertiary alicyclic amines) is 1. The van der Waals surface area contributed by atoms with Gasteiger partial charge in [-0.05, 0) is 17.5 Å². The third-order valence-electron chi connectivity index (χ3n) is 4.30. The summed E-state index contributed by atoms with van der Waals surface area (Å²) in [5, 5.41) is 0. The lowest BCUT2D eigenvalue weighted by Gasteiger charge is -2.36. The lowest BCUT2D eigenvalue weighted by Crippen LogP contribution is -2.52. The molecule has 112 valence electrons. The van der Waals surface area contributed by atoms with Gasteiger partial charge in [0.1, 0.15) is 5.54 Å². The second-order valence-electron chi connectivity index (χ2n) is 5.56. The fraction of sp³-hybridized carbons (Fsp3) is 0.222. The van der Waals surface area contributed by atoms with Crippen molar-refractivity contribution in [3.8, 4) is 0 Å². The minimum Gasteiger partial charge on any atom is -0.367 e. The van der Waals surface area contributed by atoms with Crippen molar-refractivity contribution in [1.29, 1.82) is 0 Å². The molecule has 0 spiro atoms. The Morgan fingerprint density at radius 1 is 1.05 bits per heavy atom. The van der Waals surface area contributed by atoms with Crippen molar-refractivity contribution in [2.45, 2.75) is 24.9 Å². The number of carbonyl (C=O) groups excluding carboxylic acids is 2. The van der Waals surface area contributed by atoms with Gasteiger partial charge in [-0.2, -0.15) is 0 Å². The number of hydrogen-bond acceptors (Lipinski definition) is 2. The Kier molecular flexibility index (Phi) is 3.67. The van der Waals surface area contributed by atoms with Gasteiger partial charge in [0.15, 0.2) is 0 Å². The van der Waals surface area contributed by atoms with Crippen LogP contribution in [0.4, 0.5) is 0 Å². The normalized spacial score (nSPS) is 21.1. The minimum absolute atomic E-state index is 0.0356. The molecule has 1 unspecified atom stereocenters. The lowest BCUT2D eigenvalue weighted by molar-refractivity contribution is -0.141. The Morgan fingerprint density at radius 2 is 1.64 bits per heavy atom. The number of nitrogens with two attached hydrogens (primary N) is 1. The third-order valence-corrected chi connectivity index (χ3v) is 4.30. The highest BCUT2D eigenvalue weighted by Crippen LogP contribution is 2.40. The zero-order valence-electron chi connectivity index (χ0n) is 12.2. The molecule has 0 aliphatic carbocycles. The predicted molar refractivity (Wildman–Crippen MR) is 83.5 cm³/mol. The zero-order chi connectivity index (χ0) is 15.6. The summed E-state index contributed by atoms with van der Waals surface area (Å²) < 4.78 is 0. The molecule has 4 nitrogen and oxygen atoms in total. The molecule has 1 aliphatic rings. The highest BCUT2D eigenvalue weighted by molar-refractivity contribution is 5.94. The molecular weight excluding hydrogens is 276 g/mol.